The zero-order valence-electron chi connectivity index (χ0n) is 10.5. The molecule has 0 fully saturated rings. The Balaban J connectivity index is 2.15. The molecule has 2 rings (SSSR count). The first-order chi connectivity index (χ1) is 8.95. The number of rotatable bonds is 3. The molecule has 0 spiro atoms. The van der Waals surface area contributed by atoms with Crippen molar-refractivity contribution < 1.29 is 4.79 Å². The highest BCUT2D eigenvalue weighted by Crippen LogP contribution is 2.21. The monoisotopic (exact) mass is 385 g/mol. The minimum Gasteiger partial charge on any atom is -0.319 e. The van der Waals surface area contributed by atoms with Crippen molar-refractivity contribution in [1.82, 2.24) is 9.78 Å². The van der Waals surface area contributed by atoms with Crippen LogP contribution in [0.4, 0.5) is 5.69 Å². The van der Waals surface area contributed by atoms with Crippen LogP contribution in [0.5, 0.6) is 0 Å². The smallest absolute Gasteiger partial charge is 0.255 e. The van der Waals surface area contributed by atoms with E-state index in [1.54, 1.807) is 23.0 Å². The van der Waals surface area contributed by atoms with Crippen LogP contribution in [0.25, 0.3) is 0 Å². The highest BCUT2D eigenvalue weighted by Gasteiger charge is 2.10. The summed E-state index contributed by atoms with van der Waals surface area (Å²) in [5.41, 5.74) is 1.27. The maximum absolute atomic E-state index is 12.1. The lowest BCUT2D eigenvalue weighted by Gasteiger charge is -2.05. The molecule has 0 aliphatic carbocycles. The van der Waals surface area contributed by atoms with E-state index in [1.165, 1.54) is 0 Å². The van der Waals surface area contributed by atoms with Crippen molar-refractivity contribution in [3.63, 3.8) is 0 Å². The first kappa shape index (κ1) is 14.3. The highest BCUT2D eigenvalue weighted by atomic mass is 79.9. The lowest BCUT2D eigenvalue weighted by molar-refractivity contribution is 0.102. The summed E-state index contributed by atoms with van der Waals surface area (Å²) in [7, 11) is 0. The van der Waals surface area contributed by atoms with Crippen LogP contribution in [0.1, 0.15) is 30.2 Å². The van der Waals surface area contributed by atoms with E-state index in [2.05, 4.69) is 42.3 Å². The van der Waals surface area contributed by atoms with Crippen molar-refractivity contribution in [3.05, 3.63) is 45.1 Å². The minimum atomic E-state index is -0.162. The second-order valence-corrected chi connectivity index (χ2v) is 6.25. The van der Waals surface area contributed by atoms with E-state index >= 15 is 0 Å². The van der Waals surface area contributed by atoms with Gasteiger partial charge >= 0.3 is 0 Å². The Labute approximate surface area is 128 Å². The molecule has 1 N–H and O–H groups in total. The third-order valence-corrected chi connectivity index (χ3v) is 3.43. The maximum atomic E-state index is 12.1. The Hall–Kier alpha value is -1.14. The molecule has 0 bridgehead atoms. The number of nitrogens with zero attached hydrogens (tertiary/aromatic N) is 2. The summed E-state index contributed by atoms with van der Waals surface area (Å²) in [5.74, 6) is -0.162. The van der Waals surface area contributed by atoms with Gasteiger partial charge in [0.2, 0.25) is 0 Å². The van der Waals surface area contributed by atoms with E-state index < -0.39 is 0 Å². The van der Waals surface area contributed by atoms with E-state index in [0.717, 1.165) is 8.95 Å². The predicted octanol–water partition coefficient (Wildman–Crippen LogP) is 4.24. The molecule has 0 radical (unpaired) electrons. The van der Waals surface area contributed by atoms with Crippen LogP contribution >= 0.6 is 31.9 Å². The van der Waals surface area contributed by atoms with Gasteiger partial charge in [0, 0.05) is 26.7 Å². The van der Waals surface area contributed by atoms with Gasteiger partial charge in [-0.05, 0) is 32.0 Å². The molecule has 0 saturated heterocycles. The standard InChI is InChI=1S/C13H13Br2N3O/c1-8(2)18-7-12(6-16-18)17-13(19)9-3-10(14)5-11(15)4-9/h3-8H,1-2H3,(H,17,19). The number of anilines is 1. The number of carbonyl (C=O) groups excluding carboxylic acids is 1. The third kappa shape index (κ3) is 3.67. The molecule has 1 heterocycles. The summed E-state index contributed by atoms with van der Waals surface area (Å²) in [6, 6.07) is 5.69. The fourth-order valence-electron chi connectivity index (χ4n) is 1.57. The average Bonchev–Trinajstić information content (AvgIpc) is 2.76. The molecule has 0 atom stereocenters. The molecule has 100 valence electrons. The Morgan fingerprint density at radius 1 is 1.26 bits per heavy atom. The number of hydrogen-bond acceptors (Lipinski definition) is 2. The summed E-state index contributed by atoms with van der Waals surface area (Å²) in [6.45, 7) is 4.06. The van der Waals surface area contributed by atoms with E-state index in [0.29, 0.717) is 11.3 Å². The van der Waals surface area contributed by atoms with E-state index in [1.807, 2.05) is 26.1 Å². The van der Waals surface area contributed by atoms with Gasteiger partial charge in [-0.2, -0.15) is 5.10 Å². The van der Waals surface area contributed by atoms with Gasteiger partial charge in [0.25, 0.3) is 5.91 Å². The van der Waals surface area contributed by atoms with Gasteiger partial charge in [0.15, 0.2) is 0 Å². The Bertz CT molecular complexity index is 587. The summed E-state index contributed by atoms with van der Waals surface area (Å²) in [6.07, 6.45) is 3.46. The summed E-state index contributed by atoms with van der Waals surface area (Å²) >= 11 is 6.73. The van der Waals surface area contributed by atoms with Crippen molar-refractivity contribution in [2.45, 2.75) is 19.9 Å². The number of carbonyl (C=O) groups is 1. The molecule has 0 saturated carbocycles. The van der Waals surface area contributed by atoms with Gasteiger partial charge in [-0.1, -0.05) is 31.9 Å². The second kappa shape index (κ2) is 5.88. The van der Waals surface area contributed by atoms with Crippen LogP contribution in [0, 0.1) is 0 Å². The fraction of sp³-hybridized carbons (Fsp3) is 0.231. The Morgan fingerprint density at radius 2 is 1.89 bits per heavy atom. The molecule has 4 nitrogen and oxygen atoms in total. The van der Waals surface area contributed by atoms with Crippen molar-refractivity contribution in [2.24, 2.45) is 0 Å². The van der Waals surface area contributed by atoms with Crippen LogP contribution < -0.4 is 5.32 Å². The summed E-state index contributed by atoms with van der Waals surface area (Å²) in [4.78, 5) is 12.1. The number of aromatic nitrogens is 2. The first-order valence-corrected chi connectivity index (χ1v) is 7.36. The number of halogens is 2. The van der Waals surface area contributed by atoms with Crippen LogP contribution in [0.2, 0.25) is 0 Å². The Morgan fingerprint density at radius 3 is 2.42 bits per heavy atom. The van der Waals surface area contributed by atoms with E-state index in [4.69, 9.17) is 0 Å². The molecule has 0 aliphatic heterocycles. The number of nitrogens with one attached hydrogen (secondary N) is 1. The summed E-state index contributed by atoms with van der Waals surface area (Å²) < 4.78 is 3.50. The number of amides is 1. The molecule has 19 heavy (non-hydrogen) atoms. The number of benzene rings is 1. The van der Waals surface area contributed by atoms with Crippen LogP contribution in [-0.4, -0.2) is 15.7 Å². The van der Waals surface area contributed by atoms with Gasteiger partial charge in [0.1, 0.15) is 0 Å². The zero-order chi connectivity index (χ0) is 14.0. The van der Waals surface area contributed by atoms with Crippen molar-refractivity contribution in [3.8, 4) is 0 Å². The molecular formula is C13H13Br2N3O. The maximum Gasteiger partial charge on any atom is 0.255 e. The third-order valence-electron chi connectivity index (χ3n) is 2.51. The van der Waals surface area contributed by atoms with Crippen LogP contribution in [-0.2, 0) is 0 Å². The highest BCUT2D eigenvalue weighted by molar-refractivity contribution is 9.11. The van der Waals surface area contributed by atoms with E-state index in [-0.39, 0.29) is 11.9 Å². The lowest BCUT2D eigenvalue weighted by atomic mass is 10.2. The topological polar surface area (TPSA) is 46.9 Å². The largest absolute Gasteiger partial charge is 0.319 e. The van der Waals surface area contributed by atoms with Gasteiger partial charge in [-0.3, -0.25) is 9.48 Å². The zero-order valence-corrected chi connectivity index (χ0v) is 13.7. The normalized spacial score (nSPS) is 10.8. The second-order valence-electron chi connectivity index (χ2n) is 4.42. The number of hydrogen-bond donors (Lipinski definition) is 1. The Kier molecular flexibility index (Phi) is 4.42. The molecule has 1 aromatic heterocycles. The molecular weight excluding hydrogens is 374 g/mol. The quantitative estimate of drug-likeness (QED) is 0.857. The first-order valence-electron chi connectivity index (χ1n) is 5.77. The molecule has 0 aliphatic rings. The molecule has 1 amide bonds. The van der Waals surface area contributed by atoms with Crippen LogP contribution in [0.3, 0.4) is 0 Å². The van der Waals surface area contributed by atoms with Crippen LogP contribution in [0.15, 0.2) is 39.5 Å². The average molecular weight is 387 g/mol. The van der Waals surface area contributed by atoms with E-state index in [9.17, 15) is 4.79 Å². The molecule has 2 aromatic rings. The van der Waals surface area contributed by atoms with Crippen molar-refractivity contribution in [1.29, 1.82) is 0 Å². The summed E-state index contributed by atoms with van der Waals surface area (Å²) in [5, 5.41) is 7.00. The minimum absolute atomic E-state index is 0.162. The van der Waals surface area contributed by atoms with Gasteiger partial charge in [-0.25, -0.2) is 0 Å². The molecule has 1 aromatic carbocycles. The van der Waals surface area contributed by atoms with Gasteiger partial charge in [-0.15, -0.1) is 0 Å². The molecule has 6 heteroatoms. The predicted molar refractivity (Wildman–Crippen MR) is 82.4 cm³/mol. The van der Waals surface area contributed by atoms with Crippen molar-refractivity contribution >= 4 is 43.5 Å². The van der Waals surface area contributed by atoms with Crippen molar-refractivity contribution in [2.75, 3.05) is 5.32 Å². The van der Waals surface area contributed by atoms with Gasteiger partial charge < -0.3 is 5.32 Å². The lowest BCUT2D eigenvalue weighted by Crippen LogP contribution is -2.11. The van der Waals surface area contributed by atoms with Gasteiger partial charge in [0.05, 0.1) is 11.9 Å². The SMILES string of the molecule is CC(C)n1cc(NC(=O)c2cc(Br)cc(Br)c2)cn1. The fourth-order valence-corrected chi connectivity index (χ4v) is 2.87. The molecule has 0 unspecified atom stereocenters.